The van der Waals surface area contributed by atoms with E-state index in [0.717, 1.165) is 11.8 Å². The molecular weight excluding hydrogens is 276 g/mol. The number of phenols is 1. The molecule has 1 aromatic carbocycles. The molecule has 5 heteroatoms. The average molecular weight is 289 g/mol. The number of carboxylic acid groups (broad SMARTS) is 1. The second kappa shape index (κ2) is 5.86. The summed E-state index contributed by atoms with van der Waals surface area (Å²) >= 11 is 3.27. The molecule has 88 valence electrons. The minimum absolute atomic E-state index is 0.0935. The molecule has 4 nitrogen and oxygen atoms in total. The zero-order valence-corrected chi connectivity index (χ0v) is 10.1. The van der Waals surface area contributed by atoms with Crippen LogP contribution in [0.15, 0.2) is 18.2 Å². The largest absolute Gasteiger partial charge is 0.508 e. The summed E-state index contributed by atoms with van der Waals surface area (Å²) in [7, 11) is 0. The fourth-order valence-electron chi connectivity index (χ4n) is 1.51. The normalized spacial score (nSPS) is 12.4. The molecule has 0 spiro atoms. The molecule has 0 radical (unpaired) electrons. The number of benzene rings is 1. The van der Waals surface area contributed by atoms with Crippen LogP contribution in [0.1, 0.15) is 23.7 Å². The predicted octanol–water partition coefficient (Wildman–Crippen LogP) is 1.84. The number of aliphatic hydroxyl groups is 1. The van der Waals surface area contributed by atoms with E-state index < -0.39 is 12.1 Å². The average Bonchev–Trinajstić information content (AvgIpc) is 2.25. The van der Waals surface area contributed by atoms with E-state index in [1.54, 1.807) is 12.1 Å². The third-order valence-electron chi connectivity index (χ3n) is 2.26. The molecular formula is C11H13BrO4. The van der Waals surface area contributed by atoms with Gasteiger partial charge in [0.15, 0.2) is 6.10 Å². The molecule has 1 atom stereocenters. The van der Waals surface area contributed by atoms with Crippen molar-refractivity contribution in [1.29, 1.82) is 0 Å². The summed E-state index contributed by atoms with van der Waals surface area (Å²) in [5.41, 5.74) is 0.755. The third-order valence-corrected chi connectivity index (χ3v) is 2.82. The first-order chi connectivity index (χ1) is 7.57. The van der Waals surface area contributed by atoms with Crippen LogP contribution in [-0.2, 0) is 11.2 Å². The summed E-state index contributed by atoms with van der Waals surface area (Å²) in [4.78, 5) is 10.7. The number of aromatic hydroxyl groups is 1. The molecule has 0 amide bonds. The van der Waals surface area contributed by atoms with E-state index in [1.165, 1.54) is 6.07 Å². The van der Waals surface area contributed by atoms with E-state index in [2.05, 4.69) is 15.9 Å². The SMILES string of the molecule is O=C(O)C(O)c1c(O)cccc1CCCBr. The summed E-state index contributed by atoms with van der Waals surface area (Å²) in [6, 6.07) is 4.72. The molecule has 0 saturated heterocycles. The van der Waals surface area contributed by atoms with E-state index in [1.807, 2.05) is 0 Å². The van der Waals surface area contributed by atoms with Gasteiger partial charge in [0.1, 0.15) is 5.75 Å². The first-order valence-electron chi connectivity index (χ1n) is 4.85. The van der Waals surface area contributed by atoms with Crippen molar-refractivity contribution < 1.29 is 20.1 Å². The second-order valence-electron chi connectivity index (χ2n) is 3.38. The minimum Gasteiger partial charge on any atom is -0.508 e. The summed E-state index contributed by atoms with van der Waals surface area (Å²) in [5, 5.41) is 28.6. The van der Waals surface area contributed by atoms with Crippen LogP contribution in [-0.4, -0.2) is 26.6 Å². The van der Waals surface area contributed by atoms with Gasteiger partial charge >= 0.3 is 5.97 Å². The molecule has 0 aliphatic carbocycles. The second-order valence-corrected chi connectivity index (χ2v) is 4.18. The van der Waals surface area contributed by atoms with Crippen molar-refractivity contribution in [3.63, 3.8) is 0 Å². The first-order valence-corrected chi connectivity index (χ1v) is 5.97. The highest BCUT2D eigenvalue weighted by Crippen LogP contribution is 2.29. The molecule has 3 N–H and O–H groups in total. The van der Waals surface area contributed by atoms with Crippen molar-refractivity contribution in [3.8, 4) is 5.75 Å². The van der Waals surface area contributed by atoms with Crippen molar-refractivity contribution in [2.75, 3.05) is 5.33 Å². The van der Waals surface area contributed by atoms with Crippen LogP contribution in [0.25, 0.3) is 0 Å². The lowest BCUT2D eigenvalue weighted by Gasteiger charge is -2.13. The van der Waals surface area contributed by atoms with Gasteiger partial charge in [0.05, 0.1) is 0 Å². The molecule has 1 unspecified atom stereocenters. The zero-order valence-electron chi connectivity index (χ0n) is 8.56. The van der Waals surface area contributed by atoms with Gasteiger partial charge in [0.25, 0.3) is 0 Å². The van der Waals surface area contributed by atoms with Crippen LogP contribution in [0.2, 0.25) is 0 Å². The number of aryl methyl sites for hydroxylation is 1. The Morgan fingerprint density at radius 3 is 2.69 bits per heavy atom. The Balaban J connectivity index is 3.07. The van der Waals surface area contributed by atoms with Crippen molar-refractivity contribution in [2.45, 2.75) is 18.9 Å². The standard InChI is InChI=1S/C11H13BrO4/c12-6-2-4-7-3-1-5-8(13)9(7)10(14)11(15)16/h1,3,5,10,13-14H,2,4,6H2,(H,15,16). The number of rotatable bonds is 5. The van der Waals surface area contributed by atoms with Gasteiger partial charge in [0.2, 0.25) is 0 Å². The Morgan fingerprint density at radius 1 is 1.44 bits per heavy atom. The van der Waals surface area contributed by atoms with Crippen LogP contribution in [0.3, 0.4) is 0 Å². The van der Waals surface area contributed by atoms with Crippen LogP contribution >= 0.6 is 15.9 Å². The van der Waals surface area contributed by atoms with E-state index in [4.69, 9.17) is 5.11 Å². The quantitative estimate of drug-likeness (QED) is 0.723. The Bertz CT molecular complexity index is 378. The maximum atomic E-state index is 10.7. The van der Waals surface area contributed by atoms with E-state index >= 15 is 0 Å². The van der Waals surface area contributed by atoms with Gasteiger partial charge in [-0.2, -0.15) is 0 Å². The number of aliphatic hydroxyl groups excluding tert-OH is 1. The van der Waals surface area contributed by atoms with Gasteiger partial charge in [-0.05, 0) is 24.5 Å². The van der Waals surface area contributed by atoms with Gasteiger partial charge < -0.3 is 15.3 Å². The van der Waals surface area contributed by atoms with Crippen molar-refractivity contribution in [2.24, 2.45) is 0 Å². The Kier molecular flexibility index (Phi) is 4.76. The highest BCUT2D eigenvalue weighted by Gasteiger charge is 2.22. The van der Waals surface area contributed by atoms with Crippen LogP contribution in [0.4, 0.5) is 0 Å². The zero-order chi connectivity index (χ0) is 12.1. The molecule has 0 bridgehead atoms. The molecule has 0 aliphatic heterocycles. The van der Waals surface area contributed by atoms with E-state index in [-0.39, 0.29) is 11.3 Å². The molecule has 0 fully saturated rings. The Morgan fingerprint density at radius 2 is 2.12 bits per heavy atom. The lowest BCUT2D eigenvalue weighted by atomic mass is 9.98. The van der Waals surface area contributed by atoms with E-state index in [9.17, 15) is 15.0 Å². The van der Waals surface area contributed by atoms with Gasteiger partial charge in [-0.3, -0.25) is 0 Å². The molecule has 0 aliphatic rings. The number of carbonyl (C=O) groups is 1. The Hall–Kier alpha value is -1.07. The fourth-order valence-corrected chi connectivity index (χ4v) is 1.79. The monoisotopic (exact) mass is 288 g/mol. The summed E-state index contributed by atoms with van der Waals surface area (Å²) in [6.07, 6.45) is -0.256. The summed E-state index contributed by atoms with van der Waals surface area (Å²) < 4.78 is 0. The first kappa shape index (κ1) is 13.0. The van der Waals surface area contributed by atoms with Crippen molar-refractivity contribution >= 4 is 21.9 Å². The van der Waals surface area contributed by atoms with Crippen LogP contribution < -0.4 is 0 Å². The third kappa shape index (κ3) is 2.96. The highest BCUT2D eigenvalue weighted by atomic mass is 79.9. The summed E-state index contributed by atoms with van der Waals surface area (Å²) in [6.45, 7) is 0. The number of hydrogen-bond donors (Lipinski definition) is 3. The molecule has 1 aromatic rings. The number of hydrogen-bond acceptors (Lipinski definition) is 3. The van der Waals surface area contributed by atoms with Gasteiger partial charge in [-0.1, -0.05) is 28.1 Å². The maximum Gasteiger partial charge on any atom is 0.337 e. The van der Waals surface area contributed by atoms with Crippen molar-refractivity contribution in [1.82, 2.24) is 0 Å². The molecule has 1 rings (SSSR count). The van der Waals surface area contributed by atoms with Crippen LogP contribution in [0.5, 0.6) is 5.75 Å². The Labute approximate surface area is 102 Å². The van der Waals surface area contributed by atoms with Gasteiger partial charge in [0, 0.05) is 10.9 Å². The highest BCUT2D eigenvalue weighted by molar-refractivity contribution is 9.09. The lowest BCUT2D eigenvalue weighted by Crippen LogP contribution is -2.13. The molecule has 0 aromatic heterocycles. The van der Waals surface area contributed by atoms with Gasteiger partial charge in [-0.25, -0.2) is 4.79 Å². The predicted molar refractivity (Wildman–Crippen MR) is 62.8 cm³/mol. The number of halogens is 1. The maximum absolute atomic E-state index is 10.7. The molecule has 0 heterocycles. The smallest absolute Gasteiger partial charge is 0.337 e. The topological polar surface area (TPSA) is 77.8 Å². The minimum atomic E-state index is -1.67. The number of phenolic OH excluding ortho intramolecular Hbond substituents is 1. The number of aliphatic carboxylic acids is 1. The molecule has 16 heavy (non-hydrogen) atoms. The van der Waals surface area contributed by atoms with E-state index in [0.29, 0.717) is 12.0 Å². The molecule has 0 saturated carbocycles. The fraction of sp³-hybridized carbons (Fsp3) is 0.364. The van der Waals surface area contributed by atoms with Crippen LogP contribution in [0, 0.1) is 0 Å². The lowest BCUT2D eigenvalue weighted by molar-refractivity contribution is -0.147. The number of alkyl halides is 1. The van der Waals surface area contributed by atoms with Crippen molar-refractivity contribution in [3.05, 3.63) is 29.3 Å². The number of carboxylic acids is 1. The summed E-state index contributed by atoms with van der Waals surface area (Å²) in [5.74, 6) is -1.54. The van der Waals surface area contributed by atoms with Gasteiger partial charge in [-0.15, -0.1) is 0 Å².